The third kappa shape index (κ3) is 2.77. The molecule has 82 valence electrons. The lowest BCUT2D eigenvalue weighted by Crippen LogP contribution is -2.19. The topological polar surface area (TPSA) is 39.9 Å². The Morgan fingerprint density at radius 1 is 1.47 bits per heavy atom. The predicted molar refractivity (Wildman–Crippen MR) is 62.9 cm³/mol. The quantitative estimate of drug-likeness (QED) is 0.773. The van der Waals surface area contributed by atoms with Crippen molar-refractivity contribution < 1.29 is 0 Å². The highest BCUT2D eigenvalue weighted by Gasteiger charge is 2.22. The third-order valence-electron chi connectivity index (χ3n) is 2.08. The van der Waals surface area contributed by atoms with Crippen molar-refractivity contribution in [2.45, 2.75) is 32.2 Å². The van der Waals surface area contributed by atoms with Gasteiger partial charge in [0.05, 0.1) is 16.8 Å². The molecule has 1 aromatic rings. The first kappa shape index (κ1) is 12.2. The van der Waals surface area contributed by atoms with Gasteiger partial charge in [-0.15, -0.1) is 11.3 Å². The average Bonchev–Trinajstić information content (AvgIpc) is 2.52. The summed E-state index contributed by atoms with van der Waals surface area (Å²) in [6, 6.07) is 2.01. The molecule has 0 spiro atoms. The second kappa shape index (κ2) is 4.30. The van der Waals surface area contributed by atoms with Gasteiger partial charge in [-0.1, -0.05) is 20.8 Å². The van der Waals surface area contributed by atoms with E-state index < -0.39 is 0 Å². The standard InChI is InChI=1S/C11H17N3S/c1-11(2,3)10-13-8(7-15-10)9(6-12)14(4)5/h7,9H,1-5H3. The van der Waals surface area contributed by atoms with E-state index in [1.807, 2.05) is 24.4 Å². The van der Waals surface area contributed by atoms with E-state index in [1.54, 1.807) is 11.3 Å². The molecule has 1 heterocycles. The summed E-state index contributed by atoms with van der Waals surface area (Å²) < 4.78 is 0. The Morgan fingerprint density at radius 3 is 2.40 bits per heavy atom. The Hall–Kier alpha value is -0.920. The van der Waals surface area contributed by atoms with Gasteiger partial charge >= 0.3 is 0 Å². The third-order valence-corrected chi connectivity index (χ3v) is 3.37. The minimum absolute atomic E-state index is 0.0647. The van der Waals surface area contributed by atoms with Crippen LogP contribution in [0.3, 0.4) is 0 Å². The fraction of sp³-hybridized carbons (Fsp3) is 0.636. The summed E-state index contributed by atoms with van der Waals surface area (Å²) in [7, 11) is 3.79. The van der Waals surface area contributed by atoms with Gasteiger partial charge in [0.2, 0.25) is 0 Å². The van der Waals surface area contributed by atoms with E-state index >= 15 is 0 Å². The van der Waals surface area contributed by atoms with Crippen molar-refractivity contribution in [1.82, 2.24) is 9.88 Å². The van der Waals surface area contributed by atoms with Gasteiger partial charge in [-0.2, -0.15) is 5.26 Å². The van der Waals surface area contributed by atoms with E-state index in [2.05, 4.69) is 31.8 Å². The normalized spacial score (nSPS) is 13.9. The molecule has 0 aliphatic rings. The molecule has 1 rings (SSSR count). The molecule has 0 aliphatic heterocycles. The van der Waals surface area contributed by atoms with Gasteiger partial charge in [0.25, 0.3) is 0 Å². The molecule has 3 nitrogen and oxygen atoms in total. The van der Waals surface area contributed by atoms with Crippen molar-refractivity contribution >= 4 is 11.3 Å². The Bertz CT molecular complexity index is 368. The van der Waals surface area contributed by atoms with Crippen LogP contribution in [-0.2, 0) is 5.41 Å². The van der Waals surface area contributed by atoms with E-state index in [0.717, 1.165) is 10.7 Å². The summed E-state index contributed by atoms with van der Waals surface area (Å²) in [5.41, 5.74) is 0.923. The molecule has 0 bridgehead atoms. The first-order chi connectivity index (χ1) is 6.86. The summed E-state index contributed by atoms with van der Waals surface area (Å²) in [5, 5.41) is 12.1. The SMILES string of the molecule is CN(C)C(C#N)c1csc(C(C)(C)C)n1. The molecule has 0 fully saturated rings. The van der Waals surface area contributed by atoms with Gasteiger partial charge in [-0.3, -0.25) is 4.90 Å². The maximum atomic E-state index is 9.03. The number of hydrogen-bond donors (Lipinski definition) is 0. The number of nitrogens with zero attached hydrogens (tertiary/aromatic N) is 3. The van der Waals surface area contributed by atoms with Gasteiger partial charge in [-0.25, -0.2) is 4.98 Å². The van der Waals surface area contributed by atoms with Gasteiger partial charge in [0, 0.05) is 10.8 Å². The number of hydrogen-bond acceptors (Lipinski definition) is 4. The van der Waals surface area contributed by atoms with Crippen LogP contribution in [0.4, 0.5) is 0 Å². The lowest BCUT2D eigenvalue weighted by Gasteiger charge is -2.16. The zero-order valence-corrected chi connectivity index (χ0v) is 10.7. The minimum Gasteiger partial charge on any atom is -0.289 e. The van der Waals surface area contributed by atoms with E-state index in [4.69, 9.17) is 5.26 Å². The molecule has 0 amide bonds. The zero-order valence-electron chi connectivity index (χ0n) is 9.90. The maximum absolute atomic E-state index is 9.03. The number of nitriles is 1. The van der Waals surface area contributed by atoms with Crippen LogP contribution in [0.2, 0.25) is 0 Å². The van der Waals surface area contributed by atoms with Crippen molar-refractivity contribution in [2.75, 3.05) is 14.1 Å². The van der Waals surface area contributed by atoms with Crippen LogP contribution in [0, 0.1) is 11.3 Å². The fourth-order valence-electron chi connectivity index (χ4n) is 1.20. The molecule has 0 aromatic carbocycles. The van der Waals surface area contributed by atoms with Crippen molar-refractivity contribution in [3.05, 3.63) is 16.1 Å². The molecule has 0 N–H and O–H groups in total. The Kier molecular flexibility index (Phi) is 3.48. The van der Waals surface area contributed by atoms with E-state index in [1.165, 1.54) is 0 Å². The molecule has 1 unspecified atom stereocenters. The second-order valence-electron chi connectivity index (χ2n) is 4.82. The highest BCUT2D eigenvalue weighted by molar-refractivity contribution is 7.09. The summed E-state index contributed by atoms with van der Waals surface area (Å²) >= 11 is 1.63. The summed E-state index contributed by atoms with van der Waals surface area (Å²) in [5.74, 6) is 0. The second-order valence-corrected chi connectivity index (χ2v) is 5.68. The lowest BCUT2D eigenvalue weighted by molar-refractivity contribution is 0.352. The molecule has 4 heteroatoms. The van der Waals surface area contributed by atoms with Crippen LogP contribution in [0.5, 0.6) is 0 Å². The van der Waals surface area contributed by atoms with Crippen molar-refractivity contribution in [2.24, 2.45) is 0 Å². The van der Waals surface area contributed by atoms with Crippen LogP contribution >= 0.6 is 11.3 Å². The summed E-state index contributed by atoms with van der Waals surface area (Å²) in [6.45, 7) is 6.39. The maximum Gasteiger partial charge on any atom is 0.141 e. The number of thiazole rings is 1. The van der Waals surface area contributed by atoms with E-state index in [0.29, 0.717) is 0 Å². The first-order valence-electron chi connectivity index (χ1n) is 4.88. The highest BCUT2D eigenvalue weighted by Crippen LogP contribution is 2.28. The Labute approximate surface area is 95.4 Å². The molecule has 1 atom stereocenters. The molecule has 0 aliphatic carbocycles. The molecule has 15 heavy (non-hydrogen) atoms. The lowest BCUT2D eigenvalue weighted by atomic mass is 9.98. The predicted octanol–water partition coefficient (Wildman–Crippen LogP) is 2.57. The van der Waals surface area contributed by atoms with Gasteiger partial charge in [0.1, 0.15) is 6.04 Å². The zero-order chi connectivity index (χ0) is 11.6. The van der Waals surface area contributed by atoms with Crippen molar-refractivity contribution in [3.8, 4) is 6.07 Å². The van der Waals surface area contributed by atoms with Gasteiger partial charge in [0.15, 0.2) is 0 Å². The van der Waals surface area contributed by atoms with Crippen molar-refractivity contribution in [1.29, 1.82) is 5.26 Å². The van der Waals surface area contributed by atoms with Crippen LogP contribution in [0.15, 0.2) is 5.38 Å². The molecular weight excluding hydrogens is 206 g/mol. The Balaban J connectivity index is 2.99. The minimum atomic E-state index is -0.239. The van der Waals surface area contributed by atoms with Crippen LogP contribution in [0.1, 0.15) is 37.5 Å². The summed E-state index contributed by atoms with van der Waals surface area (Å²) in [6.07, 6.45) is 0. The largest absolute Gasteiger partial charge is 0.289 e. The highest BCUT2D eigenvalue weighted by atomic mass is 32.1. The van der Waals surface area contributed by atoms with E-state index in [9.17, 15) is 0 Å². The molecule has 0 saturated carbocycles. The number of aromatic nitrogens is 1. The Morgan fingerprint density at radius 2 is 2.07 bits per heavy atom. The summed E-state index contributed by atoms with van der Waals surface area (Å²) in [4.78, 5) is 6.40. The first-order valence-corrected chi connectivity index (χ1v) is 5.76. The van der Waals surface area contributed by atoms with Crippen molar-refractivity contribution in [3.63, 3.8) is 0 Å². The molecule has 0 radical (unpaired) electrons. The van der Waals surface area contributed by atoms with Crippen LogP contribution < -0.4 is 0 Å². The molecular formula is C11H17N3S. The fourth-order valence-corrected chi connectivity index (χ4v) is 2.13. The van der Waals surface area contributed by atoms with Gasteiger partial charge in [-0.05, 0) is 14.1 Å². The number of rotatable bonds is 2. The average molecular weight is 223 g/mol. The smallest absolute Gasteiger partial charge is 0.141 e. The molecule has 0 saturated heterocycles. The van der Waals surface area contributed by atoms with E-state index in [-0.39, 0.29) is 11.5 Å². The van der Waals surface area contributed by atoms with Crippen LogP contribution in [-0.4, -0.2) is 24.0 Å². The van der Waals surface area contributed by atoms with Crippen LogP contribution in [0.25, 0.3) is 0 Å². The monoisotopic (exact) mass is 223 g/mol. The van der Waals surface area contributed by atoms with Gasteiger partial charge < -0.3 is 0 Å². The molecule has 1 aromatic heterocycles.